The Morgan fingerprint density at radius 3 is 2.84 bits per heavy atom. The second-order valence-electron chi connectivity index (χ2n) is 4.30. The van der Waals surface area contributed by atoms with Crippen LogP contribution in [0.15, 0.2) is 24.3 Å². The second kappa shape index (κ2) is 6.29. The van der Waals surface area contributed by atoms with E-state index in [1.54, 1.807) is 7.05 Å². The van der Waals surface area contributed by atoms with E-state index in [1.807, 2.05) is 18.2 Å². The molecule has 1 unspecified atom stereocenters. The zero-order chi connectivity index (χ0) is 13.7. The topological polar surface area (TPSA) is 64.9 Å². The first kappa shape index (κ1) is 13.5. The highest BCUT2D eigenvalue weighted by atomic mass is 16.5. The highest BCUT2D eigenvalue weighted by molar-refractivity contribution is 5.35. The van der Waals surface area contributed by atoms with Crippen LogP contribution in [0.5, 0.6) is 5.75 Å². The van der Waals surface area contributed by atoms with Gasteiger partial charge in [-0.2, -0.15) is 4.80 Å². The Morgan fingerprint density at radius 2 is 2.16 bits per heavy atom. The molecule has 1 heterocycles. The van der Waals surface area contributed by atoms with Crippen molar-refractivity contribution in [1.82, 2.24) is 25.5 Å². The maximum Gasteiger partial charge on any atom is 0.212 e. The molecule has 6 heteroatoms. The van der Waals surface area contributed by atoms with E-state index < -0.39 is 0 Å². The van der Waals surface area contributed by atoms with Crippen LogP contribution >= 0.6 is 0 Å². The molecule has 0 aliphatic carbocycles. The average molecular weight is 261 g/mol. The molecule has 0 saturated heterocycles. The third-order valence-electron chi connectivity index (χ3n) is 2.80. The highest BCUT2D eigenvalue weighted by Gasteiger charge is 2.11. The molecule has 0 radical (unpaired) electrons. The van der Waals surface area contributed by atoms with Crippen molar-refractivity contribution in [2.24, 2.45) is 7.05 Å². The fourth-order valence-electron chi connectivity index (χ4n) is 1.91. The molecule has 0 bridgehead atoms. The Hall–Kier alpha value is -1.95. The third-order valence-corrected chi connectivity index (χ3v) is 2.80. The predicted octanol–water partition coefficient (Wildman–Crippen LogP) is 1.46. The number of hydrogen-bond acceptors (Lipinski definition) is 5. The zero-order valence-corrected chi connectivity index (χ0v) is 11.5. The lowest BCUT2D eigenvalue weighted by Crippen LogP contribution is -2.18. The molecule has 1 aromatic heterocycles. The minimum atomic E-state index is 0.246. The number of ether oxygens (including phenoxy) is 1. The average Bonchev–Trinajstić information content (AvgIpc) is 2.83. The van der Waals surface area contributed by atoms with Gasteiger partial charge in [-0.1, -0.05) is 25.1 Å². The summed E-state index contributed by atoms with van der Waals surface area (Å²) in [6.45, 7) is 5.45. The molecule has 19 heavy (non-hydrogen) atoms. The number of aromatic nitrogens is 4. The van der Waals surface area contributed by atoms with Gasteiger partial charge in [0.05, 0.1) is 7.05 Å². The van der Waals surface area contributed by atoms with Gasteiger partial charge >= 0.3 is 0 Å². The Balaban J connectivity index is 2.07. The van der Waals surface area contributed by atoms with E-state index in [2.05, 4.69) is 40.6 Å². The van der Waals surface area contributed by atoms with Gasteiger partial charge in [-0.05, 0) is 24.7 Å². The lowest BCUT2D eigenvalue weighted by Gasteiger charge is -2.16. The third kappa shape index (κ3) is 3.51. The fraction of sp³-hybridized carbons (Fsp3) is 0.462. The van der Waals surface area contributed by atoms with Crippen LogP contribution in [-0.4, -0.2) is 26.8 Å². The summed E-state index contributed by atoms with van der Waals surface area (Å²) in [4.78, 5) is 1.42. The minimum absolute atomic E-state index is 0.246. The Morgan fingerprint density at radius 1 is 1.37 bits per heavy atom. The first-order chi connectivity index (χ1) is 9.20. The Bertz CT molecular complexity index is 525. The summed E-state index contributed by atoms with van der Waals surface area (Å²) in [5.74, 6) is 1.43. The van der Waals surface area contributed by atoms with Gasteiger partial charge in [-0.15, -0.1) is 10.2 Å². The number of para-hydroxylation sites is 1. The molecule has 0 saturated carbocycles. The van der Waals surface area contributed by atoms with Crippen molar-refractivity contribution in [3.05, 3.63) is 35.7 Å². The van der Waals surface area contributed by atoms with Gasteiger partial charge in [-0.3, -0.25) is 0 Å². The lowest BCUT2D eigenvalue weighted by atomic mass is 10.1. The lowest BCUT2D eigenvalue weighted by molar-refractivity contribution is 0.289. The van der Waals surface area contributed by atoms with Crippen LogP contribution in [0.4, 0.5) is 0 Å². The number of hydrogen-bond donors (Lipinski definition) is 1. The SMILES string of the molecule is CCNC(C)c1ccccc1OCc1nnn(C)n1. The second-order valence-corrected chi connectivity index (χ2v) is 4.30. The van der Waals surface area contributed by atoms with Crippen LogP contribution in [0.1, 0.15) is 31.3 Å². The van der Waals surface area contributed by atoms with E-state index >= 15 is 0 Å². The zero-order valence-electron chi connectivity index (χ0n) is 11.5. The van der Waals surface area contributed by atoms with Crippen molar-refractivity contribution in [2.75, 3.05) is 6.54 Å². The molecular weight excluding hydrogens is 242 g/mol. The maximum absolute atomic E-state index is 5.79. The quantitative estimate of drug-likeness (QED) is 0.852. The molecular formula is C13H19N5O. The smallest absolute Gasteiger partial charge is 0.212 e. The standard InChI is InChI=1S/C13H19N5O/c1-4-14-10(2)11-7-5-6-8-12(11)19-9-13-15-17-18(3)16-13/h5-8,10,14H,4,9H2,1-3H3. The molecule has 2 rings (SSSR count). The van der Waals surface area contributed by atoms with Gasteiger partial charge in [0.1, 0.15) is 5.75 Å². The van der Waals surface area contributed by atoms with E-state index in [9.17, 15) is 0 Å². The predicted molar refractivity (Wildman–Crippen MR) is 71.7 cm³/mol. The molecule has 0 fully saturated rings. The van der Waals surface area contributed by atoms with Crippen LogP contribution < -0.4 is 10.1 Å². The molecule has 102 valence electrons. The Labute approximate surface area is 112 Å². The molecule has 0 aliphatic rings. The van der Waals surface area contributed by atoms with Crippen LogP contribution in [-0.2, 0) is 13.7 Å². The molecule has 1 atom stereocenters. The molecule has 0 aliphatic heterocycles. The van der Waals surface area contributed by atoms with Crippen molar-refractivity contribution in [2.45, 2.75) is 26.5 Å². The summed E-state index contributed by atoms with van der Waals surface area (Å²) in [5, 5.41) is 15.1. The van der Waals surface area contributed by atoms with Gasteiger partial charge < -0.3 is 10.1 Å². The van der Waals surface area contributed by atoms with Gasteiger partial charge in [0.2, 0.25) is 5.82 Å². The van der Waals surface area contributed by atoms with Crippen LogP contribution in [0.25, 0.3) is 0 Å². The van der Waals surface area contributed by atoms with Crippen LogP contribution in [0.3, 0.4) is 0 Å². The largest absolute Gasteiger partial charge is 0.485 e. The summed E-state index contributed by atoms with van der Waals surface area (Å²) < 4.78 is 5.79. The highest BCUT2D eigenvalue weighted by Crippen LogP contribution is 2.25. The maximum atomic E-state index is 5.79. The van der Waals surface area contributed by atoms with Gasteiger partial charge in [0, 0.05) is 11.6 Å². The summed E-state index contributed by atoms with van der Waals surface area (Å²) in [6.07, 6.45) is 0. The molecule has 0 spiro atoms. The Kier molecular flexibility index (Phi) is 4.46. The summed E-state index contributed by atoms with van der Waals surface area (Å²) in [7, 11) is 1.73. The van der Waals surface area contributed by atoms with E-state index in [1.165, 1.54) is 4.80 Å². The fourth-order valence-corrected chi connectivity index (χ4v) is 1.91. The van der Waals surface area contributed by atoms with Crippen LogP contribution in [0.2, 0.25) is 0 Å². The van der Waals surface area contributed by atoms with E-state index in [0.29, 0.717) is 12.4 Å². The van der Waals surface area contributed by atoms with E-state index in [-0.39, 0.29) is 6.04 Å². The van der Waals surface area contributed by atoms with Crippen molar-refractivity contribution in [3.63, 3.8) is 0 Å². The molecule has 1 N–H and O–H groups in total. The molecule has 1 aromatic carbocycles. The van der Waals surface area contributed by atoms with Crippen molar-refractivity contribution in [3.8, 4) is 5.75 Å². The number of aryl methyl sites for hydroxylation is 1. The van der Waals surface area contributed by atoms with Crippen LogP contribution in [0, 0.1) is 0 Å². The molecule has 6 nitrogen and oxygen atoms in total. The molecule has 0 amide bonds. The summed E-state index contributed by atoms with van der Waals surface area (Å²) >= 11 is 0. The number of tetrazole rings is 1. The minimum Gasteiger partial charge on any atom is -0.485 e. The van der Waals surface area contributed by atoms with E-state index in [0.717, 1.165) is 17.9 Å². The first-order valence-electron chi connectivity index (χ1n) is 6.38. The number of nitrogens with zero attached hydrogens (tertiary/aromatic N) is 4. The first-order valence-corrected chi connectivity index (χ1v) is 6.38. The number of rotatable bonds is 6. The number of benzene rings is 1. The summed E-state index contributed by atoms with van der Waals surface area (Å²) in [5.41, 5.74) is 1.13. The van der Waals surface area contributed by atoms with Crippen molar-refractivity contribution >= 4 is 0 Å². The van der Waals surface area contributed by atoms with Gasteiger partial charge in [0.25, 0.3) is 0 Å². The van der Waals surface area contributed by atoms with Crippen molar-refractivity contribution in [1.29, 1.82) is 0 Å². The van der Waals surface area contributed by atoms with Gasteiger partial charge in [0.15, 0.2) is 6.61 Å². The van der Waals surface area contributed by atoms with Crippen molar-refractivity contribution < 1.29 is 4.74 Å². The summed E-state index contributed by atoms with van der Waals surface area (Å²) in [6, 6.07) is 8.24. The molecule has 2 aromatic rings. The monoisotopic (exact) mass is 261 g/mol. The van der Waals surface area contributed by atoms with Gasteiger partial charge in [-0.25, -0.2) is 0 Å². The van der Waals surface area contributed by atoms with E-state index in [4.69, 9.17) is 4.74 Å². The number of nitrogens with one attached hydrogen (secondary N) is 1. The normalized spacial score (nSPS) is 12.4.